The van der Waals surface area contributed by atoms with Crippen molar-refractivity contribution in [2.75, 3.05) is 5.75 Å². The summed E-state index contributed by atoms with van der Waals surface area (Å²) in [6.07, 6.45) is 3.49. The van der Waals surface area contributed by atoms with Gasteiger partial charge in [-0.3, -0.25) is 0 Å². The fourth-order valence-corrected chi connectivity index (χ4v) is 3.51. The number of aromatic nitrogens is 3. The summed E-state index contributed by atoms with van der Waals surface area (Å²) in [5, 5.41) is 10.6. The average Bonchev–Trinajstić information content (AvgIpc) is 3.22. The third kappa shape index (κ3) is 3.01. The van der Waals surface area contributed by atoms with Crippen molar-refractivity contribution in [2.24, 2.45) is 0 Å². The Bertz CT molecular complexity index is 593. The van der Waals surface area contributed by atoms with Crippen molar-refractivity contribution in [3.8, 4) is 0 Å². The summed E-state index contributed by atoms with van der Waals surface area (Å²) in [5.41, 5.74) is 1.20. The quantitative estimate of drug-likeness (QED) is 0.751. The van der Waals surface area contributed by atoms with Crippen LogP contribution in [0.3, 0.4) is 0 Å². The van der Waals surface area contributed by atoms with Gasteiger partial charge in [0.25, 0.3) is 0 Å². The standard InChI is InChI=1S/C15H18ClN3S/c1-2-19-14(12-7-8-12)17-18-15(19)20-10-9-11-5-3-4-6-13(11)16/h3-6,12H,2,7-10H2,1H3. The lowest BCUT2D eigenvalue weighted by molar-refractivity contribution is 0.643. The Morgan fingerprint density at radius 1 is 1.30 bits per heavy atom. The fourth-order valence-electron chi connectivity index (χ4n) is 2.30. The van der Waals surface area contributed by atoms with E-state index < -0.39 is 0 Å². The monoisotopic (exact) mass is 307 g/mol. The Morgan fingerprint density at radius 2 is 2.10 bits per heavy atom. The summed E-state index contributed by atoms with van der Waals surface area (Å²) in [6, 6.07) is 8.03. The Kier molecular flexibility index (Phi) is 4.32. The molecule has 1 aliphatic carbocycles. The molecule has 1 aliphatic rings. The van der Waals surface area contributed by atoms with Gasteiger partial charge in [-0.05, 0) is 37.8 Å². The van der Waals surface area contributed by atoms with Gasteiger partial charge in [-0.15, -0.1) is 10.2 Å². The van der Waals surface area contributed by atoms with E-state index in [2.05, 4.69) is 27.8 Å². The molecule has 20 heavy (non-hydrogen) atoms. The predicted molar refractivity (Wildman–Crippen MR) is 83.6 cm³/mol. The third-order valence-electron chi connectivity index (χ3n) is 3.56. The van der Waals surface area contributed by atoms with Crippen LogP contribution in [0.15, 0.2) is 29.4 Å². The van der Waals surface area contributed by atoms with Crippen LogP contribution in [0.1, 0.15) is 37.1 Å². The molecular weight excluding hydrogens is 290 g/mol. The largest absolute Gasteiger partial charge is 0.306 e. The number of rotatable bonds is 6. The van der Waals surface area contributed by atoms with Crippen LogP contribution in [-0.2, 0) is 13.0 Å². The zero-order valence-electron chi connectivity index (χ0n) is 11.6. The molecule has 2 aromatic rings. The Labute approximate surface area is 128 Å². The molecule has 3 nitrogen and oxygen atoms in total. The first-order valence-electron chi connectivity index (χ1n) is 7.09. The molecule has 1 aromatic carbocycles. The molecular formula is C15H18ClN3S. The van der Waals surface area contributed by atoms with Crippen LogP contribution >= 0.6 is 23.4 Å². The van der Waals surface area contributed by atoms with E-state index in [1.54, 1.807) is 11.8 Å². The molecule has 1 fully saturated rings. The van der Waals surface area contributed by atoms with Crippen LogP contribution in [0.2, 0.25) is 5.02 Å². The molecule has 5 heteroatoms. The number of thioether (sulfide) groups is 1. The van der Waals surface area contributed by atoms with E-state index in [0.29, 0.717) is 5.92 Å². The summed E-state index contributed by atoms with van der Waals surface area (Å²) in [6.45, 7) is 3.11. The number of hydrogen-bond donors (Lipinski definition) is 0. The first-order valence-corrected chi connectivity index (χ1v) is 8.45. The molecule has 0 aliphatic heterocycles. The molecule has 1 aromatic heterocycles. The van der Waals surface area contributed by atoms with Crippen LogP contribution in [-0.4, -0.2) is 20.5 Å². The van der Waals surface area contributed by atoms with Gasteiger partial charge in [0.15, 0.2) is 5.16 Å². The van der Waals surface area contributed by atoms with Crippen molar-refractivity contribution in [1.29, 1.82) is 0 Å². The highest BCUT2D eigenvalue weighted by atomic mass is 35.5. The van der Waals surface area contributed by atoms with Crippen LogP contribution in [0.25, 0.3) is 0 Å². The summed E-state index contributed by atoms with van der Waals surface area (Å²) in [4.78, 5) is 0. The van der Waals surface area contributed by atoms with Crippen molar-refractivity contribution < 1.29 is 0 Å². The van der Waals surface area contributed by atoms with Crippen LogP contribution < -0.4 is 0 Å². The first kappa shape index (κ1) is 14.0. The average molecular weight is 308 g/mol. The first-order chi connectivity index (χ1) is 9.79. The second-order valence-electron chi connectivity index (χ2n) is 5.05. The molecule has 0 unspecified atom stereocenters. The van der Waals surface area contributed by atoms with Crippen molar-refractivity contribution in [3.63, 3.8) is 0 Å². The number of benzene rings is 1. The van der Waals surface area contributed by atoms with Crippen molar-refractivity contribution in [2.45, 2.75) is 43.8 Å². The number of nitrogens with zero attached hydrogens (tertiary/aromatic N) is 3. The van der Waals surface area contributed by atoms with E-state index in [1.165, 1.54) is 24.2 Å². The molecule has 1 heterocycles. The normalized spacial score (nSPS) is 14.7. The van der Waals surface area contributed by atoms with Gasteiger partial charge in [-0.2, -0.15) is 0 Å². The third-order valence-corrected chi connectivity index (χ3v) is 4.90. The van der Waals surface area contributed by atoms with E-state index in [0.717, 1.165) is 28.9 Å². The highest BCUT2D eigenvalue weighted by Gasteiger charge is 2.29. The molecule has 0 N–H and O–H groups in total. The predicted octanol–water partition coefficient (Wildman–Crippen LogP) is 4.16. The van der Waals surface area contributed by atoms with Crippen molar-refractivity contribution >= 4 is 23.4 Å². The van der Waals surface area contributed by atoms with Crippen LogP contribution in [0, 0.1) is 0 Å². The molecule has 0 saturated heterocycles. The molecule has 0 bridgehead atoms. The van der Waals surface area contributed by atoms with Crippen LogP contribution in [0.5, 0.6) is 0 Å². The molecule has 1 saturated carbocycles. The van der Waals surface area contributed by atoms with Crippen molar-refractivity contribution in [1.82, 2.24) is 14.8 Å². The Morgan fingerprint density at radius 3 is 2.80 bits per heavy atom. The molecule has 0 spiro atoms. The van der Waals surface area contributed by atoms with Gasteiger partial charge in [0.05, 0.1) is 0 Å². The fraction of sp³-hybridized carbons (Fsp3) is 0.467. The molecule has 0 atom stereocenters. The zero-order valence-corrected chi connectivity index (χ0v) is 13.1. The summed E-state index contributed by atoms with van der Waals surface area (Å²) < 4.78 is 2.26. The highest BCUT2D eigenvalue weighted by molar-refractivity contribution is 7.99. The van der Waals surface area contributed by atoms with E-state index in [9.17, 15) is 0 Å². The minimum Gasteiger partial charge on any atom is -0.306 e. The Balaban J connectivity index is 1.62. The lowest BCUT2D eigenvalue weighted by Gasteiger charge is -2.07. The zero-order chi connectivity index (χ0) is 13.9. The number of hydrogen-bond acceptors (Lipinski definition) is 3. The Hall–Kier alpha value is -1.00. The summed E-state index contributed by atoms with van der Waals surface area (Å²) >= 11 is 7.95. The SMILES string of the molecule is CCn1c(SCCc2ccccc2Cl)nnc1C1CC1. The number of aryl methyl sites for hydroxylation is 1. The maximum Gasteiger partial charge on any atom is 0.191 e. The molecule has 0 radical (unpaired) electrons. The van der Waals surface area contributed by atoms with E-state index in [4.69, 9.17) is 11.6 Å². The maximum atomic E-state index is 6.18. The molecule has 106 valence electrons. The summed E-state index contributed by atoms with van der Waals surface area (Å²) in [5.74, 6) is 2.81. The van der Waals surface area contributed by atoms with Gasteiger partial charge in [0.1, 0.15) is 5.82 Å². The van der Waals surface area contributed by atoms with Gasteiger partial charge < -0.3 is 4.57 Å². The van der Waals surface area contributed by atoms with Gasteiger partial charge in [-0.25, -0.2) is 0 Å². The molecule has 3 rings (SSSR count). The maximum absolute atomic E-state index is 6.18. The number of halogens is 1. The minimum atomic E-state index is 0.653. The van der Waals surface area contributed by atoms with Crippen molar-refractivity contribution in [3.05, 3.63) is 40.7 Å². The second-order valence-corrected chi connectivity index (χ2v) is 6.52. The van der Waals surface area contributed by atoms with Gasteiger partial charge in [0.2, 0.25) is 0 Å². The minimum absolute atomic E-state index is 0.653. The van der Waals surface area contributed by atoms with Crippen LogP contribution in [0.4, 0.5) is 0 Å². The molecule has 0 amide bonds. The van der Waals surface area contributed by atoms with E-state index >= 15 is 0 Å². The van der Waals surface area contributed by atoms with Gasteiger partial charge in [-0.1, -0.05) is 41.6 Å². The van der Waals surface area contributed by atoms with Gasteiger partial charge in [0, 0.05) is 23.2 Å². The smallest absolute Gasteiger partial charge is 0.191 e. The lowest BCUT2D eigenvalue weighted by Crippen LogP contribution is -2.02. The topological polar surface area (TPSA) is 30.7 Å². The summed E-state index contributed by atoms with van der Waals surface area (Å²) in [7, 11) is 0. The van der Waals surface area contributed by atoms with Gasteiger partial charge >= 0.3 is 0 Å². The van der Waals surface area contributed by atoms with E-state index in [-0.39, 0.29) is 0 Å². The van der Waals surface area contributed by atoms with E-state index in [1.807, 2.05) is 18.2 Å². The highest BCUT2D eigenvalue weighted by Crippen LogP contribution is 2.40. The second kappa shape index (κ2) is 6.19. The lowest BCUT2D eigenvalue weighted by atomic mass is 10.2.